The number of carboxylic acids is 1. The third-order valence-electron chi connectivity index (χ3n) is 3.60. The van der Waals surface area contributed by atoms with Crippen LogP contribution in [0.4, 0.5) is 4.39 Å². The Hall–Kier alpha value is -2.70. The molecule has 0 radical (unpaired) electrons. The van der Waals surface area contributed by atoms with Gasteiger partial charge in [0, 0.05) is 18.8 Å². The number of hydrogen-bond acceptors (Lipinski definition) is 3. The summed E-state index contributed by atoms with van der Waals surface area (Å²) in [5.74, 6) is -1.98. The van der Waals surface area contributed by atoms with E-state index in [2.05, 4.69) is 10.4 Å². The topological polar surface area (TPSA) is 84.2 Å². The van der Waals surface area contributed by atoms with Crippen LogP contribution in [0.5, 0.6) is 0 Å². The summed E-state index contributed by atoms with van der Waals surface area (Å²) in [5.41, 5.74) is 0.233. The fourth-order valence-corrected chi connectivity index (χ4v) is 2.48. The molecule has 1 unspecified atom stereocenters. The highest BCUT2D eigenvalue weighted by atomic mass is 19.1. The predicted octanol–water partition coefficient (Wildman–Crippen LogP) is 1.99. The zero-order valence-electron chi connectivity index (χ0n) is 13.1. The number of aryl methyl sites for hydroxylation is 2. The van der Waals surface area contributed by atoms with Crippen molar-refractivity contribution in [1.82, 2.24) is 15.1 Å². The number of carbonyl (C=O) groups excluding carboxylic acids is 1. The van der Waals surface area contributed by atoms with Crippen LogP contribution >= 0.6 is 0 Å². The zero-order chi connectivity index (χ0) is 17.2. The molecule has 1 atom stereocenters. The first kappa shape index (κ1) is 16.7. The fourth-order valence-electron chi connectivity index (χ4n) is 2.48. The van der Waals surface area contributed by atoms with Crippen LogP contribution in [-0.2, 0) is 17.4 Å². The van der Waals surface area contributed by atoms with Crippen molar-refractivity contribution in [2.45, 2.75) is 25.8 Å². The third-order valence-corrected chi connectivity index (χ3v) is 3.60. The molecule has 0 saturated heterocycles. The van der Waals surface area contributed by atoms with Crippen LogP contribution < -0.4 is 5.32 Å². The standard InChI is InChI=1S/C16H18FN3O3/c1-10-9-20(3)19-14(10)15(23)18-16(2,8-13(21)22)11-4-6-12(17)7-5-11/h4-7,9H,8H2,1-3H3,(H,18,23)(H,21,22). The van der Waals surface area contributed by atoms with Crippen LogP contribution in [0.15, 0.2) is 30.5 Å². The van der Waals surface area contributed by atoms with Gasteiger partial charge in [-0.3, -0.25) is 14.3 Å². The number of hydrogen-bond donors (Lipinski definition) is 2. The summed E-state index contributed by atoms with van der Waals surface area (Å²) in [5, 5.41) is 16.0. The highest BCUT2D eigenvalue weighted by Gasteiger charge is 2.33. The predicted molar refractivity (Wildman–Crippen MR) is 81.4 cm³/mol. The van der Waals surface area contributed by atoms with Gasteiger partial charge in [-0.2, -0.15) is 5.10 Å². The average Bonchev–Trinajstić information content (AvgIpc) is 2.77. The number of nitrogens with zero attached hydrogens (tertiary/aromatic N) is 2. The average molecular weight is 319 g/mol. The van der Waals surface area contributed by atoms with Crippen LogP contribution in [0.2, 0.25) is 0 Å². The van der Waals surface area contributed by atoms with E-state index in [1.807, 2.05) is 0 Å². The first-order valence-electron chi connectivity index (χ1n) is 7.02. The molecular formula is C16H18FN3O3. The Morgan fingerprint density at radius 3 is 2.43 bits per heavy atom. The van der Waals surface area contributed by atoms with Gasteiger partial charge in [0.05, 0.1) is 12.0 Å². The molecule has 0 bridgehead atoms. The minimum absolute atomic E-state index is 0.228. The van der Waals surface area contributed by atoms with Crippen molar-refractivity contribution in [2.75, 3.05) is 0 Å². The number of aromatic nitrogens is 2. The smallest absolute Gasteiger partial charge is 0.306 e. The van der Waals surface area contributed by atoms with Gasteiger partial charge < -0.3 is 10.4 Å². The molecule has 2 N–H and O–H groups in total. The maximum absolute atomic E-state index is 13.1. The van der Waals surface area contributed by atoms with Gasteiger partial charge in [0.25, 0.3) is 5.91 Å². The first-order chi connectivity index (χ1) is 10.7. The second-order valence-electron chi connectivity index (χ2n) is 5.70. The number of benzene rings is 1. The lowest BCUT2D eigenvalue weighted by Crippen LogP contribution is -2.45. The Kier molecular flexibility index (Phi) is 4.49. The van der Waals surface area contributed by atoms with Crippen molar-refractivity contribution < 1.29 is 19.1 Å². The summed E-state index contributed by atoms with van der Waals surface area (Å²) in [6.07, 6.45) is 1.36. The van der Waals surface area contributed by atoms with E-state index in [4.69, 9.17) is 5.11 Å². The molecule has 0 aliphatic heterocycles. The quantitative estimate of drug-likeness (QED) is 0.882. The van der Waals surface area contributed by atoms with Gasteiger partial charge in [-0.15, -0.1) is 0 Å². The fraction of sp³-hybridized carbons (Fsp3) is 0.312. The van der Waals surface area contributed by atoms with Crippen molar-refractivity contribution in [2.24, 2.45) is 7.05 Å². The largest absolute Gasteiger partial charge is 0.481 e. The molecule has 1 amide bonds. The third kappa shape index (κ3) is 3.74. The van der Waals surface area contributed by atoms with Crippen LogP contribution in [0, 0.1) is 12.7 Å². The number of halogens is 1. The number of carbonyl (C=O) groups is 2. The van der Waals surface area contributed by atoms with E-state index in [-0.39, 0.29) is 12.1 Å². The van der Waals surface area contributed by atoms with E-state index in [1.165, 1.54) is 28.9 Å². The van der Waals surface area contributed by atoms with E-state index < -0.39 is 23.2 Å². The van der Waals surface area contributed by atoms with Crippen molar-refractivity contribution in [1.29, 1.82) is 0 Å². The summed E-state index contributed by atoms with van der Waals surface area (Å²) in [7, 11) is 1.69. The number of aliphatic carboxylic acids is 1. The monoisotopic (exact) mass is 319 g/mol. The lowest BCUT2D eigenvalue weighted by Gasteiger charge is -2.29. The minimum atomic E-state index is -1.18. The van der Waals surface area contributed by atoms with Gasteiger partial charge in [-0.1, -0.05) is 12.1 Å². The molecule has 0 fully saturated rings. The van der Waals surface area contributed by atoms with Gasteiger partial charge in [0.1, 0.15) is 5.82 Å². The summed E-state index contributed by atoms with van der Waals surface area (Å²) in [6, 6.07) is 5.38. The van der Waals surface area contributed by atoms with Crippen molar-refractivity contribution >= 4 is 11.9 Å². The molecular weight excluding hydrogens is 301 g/mol. The molecule has 0 spiro atoms. The van der Waals surface area contributed by atoms with Crippen molar-refractivity contribution in [3.8, 4) is 0 Å². The number of nitrogens with one attached hydrogen (secondary N) is 1. The van der Waals surface area contributed by atoms with Crippen molar-refractivity contribution in [3.63, 3.8) is 0 Å². The number of rotatable bonds is 5. The molecule has 23 heavy (non-hydrogen) atoms. The maximum Gasteiger partial charge on any atom is 0.306 e. The molecule has 0 aliphatic rings. The normalized spacial score (nSPS) is 13.4. The van der Waals surface area contributed by atoms with Gasteiger partial charge in [-0.05, 0) is 31.5 Å². The molecule has 2 aromatic rings. The lowest BCUT2D eigenvalue weighted by molar-refractivity contribution is -0.138. The SMILES string of the molecule is Cc1cn(C)nc1C(=O)NC(C)(CC(=O)O)c1ccc(F)cc1. The van der Waals surface area contributed by atoms with E-state index >= 15 is 0 Å². The Bertz CT molecular complexity index is 740. The van der Waals surface area contributed by atoms with Gasteiger partial charge >= 0.3 is 5.97 Å². The second-order valence-corrected chi connectivity index (χ2v) is 5.70. The van der Waals surface area contributed by atoms with Gasteiger partial charge in [0.2, 0.25) is 0 Å². The van der Waals surface area contributed by atoms with E-state index in [0.29, 0.717) is 11.1 Å². The Morgan fingerprint density at radius 1 is 1.35 bits per heavy atom. The highest BCUT2D eigenvalue weighted by molar-refractivity contribution is 5.94. The summed E-state index contributed by atoms with van der Waals surface area (Å²) in [4.78, 5) is 23.7. The molecule has 2 rings (SSSR count). The van der Waals surface area contributed by atoms with Crippen LogP contribution in [0.3, 0.4) is 0 Å². The van der Waals surface area contributed by atoms with E-state index in [1.54, 1.807) is 27.1 Å². The van der Waals surface area contributed by atoms with Gasteiger partial charge in [-0.25, -0.2) is 4.39 Å². The Labute approximate surface area is 132 Å². The van der Waals surface area contributed by atoms with Crippen molar-refractivity contribution in [3.05, 3.63) is 53.1 Å². The number of carboxylic acid groups (broad SMARTS) is 1. The molecule has 0 aliphatic carbocycles. The van der Waals surface area contributed by atoms with Crippen LogP contribution in [0.1, 0.15) is 35.0 Å². The number of amides is 1. The molecule has 1 aromatic carbocycles. The Morgan fingerprint density at radius 2 is 1.96 bits per heavy atom. The Balaban J connectivity index is 2.35. The highest BCUT2D eigenvalue weighted by Crippen LogP contribution is 2.26. The molecule has 0 saturated carbocycles. The first-order valence-corrected chi connectivity index (χ1v) is 7.02. The molecule has 1 aromatic heterocycles. The molecule has 122 valence electrons. The summed E-state index contributed by atoms with van der Waals surface area (Å²) in [6.45, 7) is 3.33. The lowest BCUT2D eigenvalue weighted by atomic mass is 9.88. The second kappa shape index (κ2) is 6.20. The summed E-state index contributed by atoms with van der Waals surface area (Å²) >= 11 is 0. The summed E-state index contributed by atoms with van der Waals surface area (Å²) < 4.78 is 14.6. The molecule has 1 heterocycles. The molecule has 7 heteroatoms. The van der Waals surface area contributed by atoms with Crippen LogP contribution in [-0.4, -0.2) is 26.8 Å². The van der Waals surface area contributed by atoms with Crippen LogP contribution in [0.25, 0.3) is 0 Å². The van der Waals surface area contributed by atoms with E-state index in [0.717, 1.165) is 0 Å². The minimum Gasteiger partial charge on any atom is -0.481 e. The van der Waals surface area contributed by atoms with Gasteiger partial charge in [0.15, 0.2) is 5.69 Å². The zero-order valence-corrected chi connectivity index (χ0v) is 13.1. The maximum atomic E-state index is 13.1. The van der Waals surface area contributed by atoms with E-state index in [9.17, 15) is 14.0 Å². The molecule has 6 nitrogen and oxygen atoms in total.